The molecule has 1 aromatic rings. The van der Waals surface area contributed by atoms with Crippen LogP contribution in [0, 0.1) is 0 Å². The third kappa shape index (κ3) is 3.63. The summed E-state index contributed by atoms with van der Waals surface area (Å²) in [4.78, 5) is 2.51. The molecular formula is C15H23ClN2. The number of nitrogens with two attached hydrogens (primary N) is 1. The zero-order chi connectivity index (χ0) is 12.8. The maximum absolute atomic E-state index is 6.09. The standard InChI is InChI=1S/C15H23ClN2/c16-14-6-7-15(13(12-14)8-9-17)18-10-4-2-1-3-5-11-18/h6-7,12H,1-5,8-11,17H2. The van der Waals surface area contributed by atoms with Crippen molar-refractivity contribution in [3.8, 4) is 0 Å². The molecule has 1 saturated heterocycles. The smallest absolute Gasteiger partial charge is 0.0410 e. The highest BCUT2D eigenvalue weighted by Crippen LogP contribution is 2.26. The molecule has 0 unspecified atom stereocenters. The Balaban J connectivity index is 2.18. The van der Waals surface area contributed by atoms with E-state index in [1.165, 1.54) is 56.4 Å². The van der Waals surface area contributed by atoms with E-state index in [1.807, 2.05) is 6.07 Å². The van der Waals surface area contributed by atoms with Crippen molar-refractivity contribution in [2.75, 3.05) is 24.5 Å². The van der Waals surface area contributed by atoms with E-state index >= 15 is 0 Å². The van der Waals surface area contributed by atoms with Crippen molar-refractivity contribution in [1.82, 2.24) is 0 Å². The van der Waals surface area contributed by atoms with Gasteiger partial charge in [-0.25, -0.2) is 0 Å². The lowest BCUT2D eigenvalue weighted by atomic mass is 10.0. The van der Waals surface area contributed by atoms with Gasteiger partial charge in [0.25, 0.3) is 0 Å². The number of nitrogens with zero attached hydrogens (tertiary/aromatic N) is 1. The highest BCUT2D eigenvalue weighted by molar-refractivity contribution is 6.30. The van der Waals surface area contributed by atoms with Gasteiger partial charge in [0.15, 0.2) is 0 Å². The monoisotopic (exact) mass is 266 g/mol. The molecular weight excluding hydrogens is 244 g/mol. The number of hydrogen-bond donors (Lipinski definition) is 1. The molecule has 18 heavy (non-hydrogen) atoms. The average molecular weight is 267 g/mol. The molecule has 2 rings (SSSR count). The second-order valence-electron chi connectivity index (χ2n) is 5.07. The van der Waals surface area contributed by atoms with Gasteiger partial charge < -0.3 is 10.6 Å². The van der Waals surface area contributed by atoms with Gasteiger partial charge in [0.05, 0.1) is 0 Å². The molecule has 1 fully saturated rings. The summed E-state index contributed by atoms with van der Waals surface area (Å²) in [6.45, 7) is 3.01. The van der Waals surface area contributed by atoms with E-state index < -0.39 is 0 Å². The topological polar surface area (TPSA) is 29.3 Å². The van der Waals surface area contributed by atoms with Crippen molar-refractivity contribution in [3.05, 3.63) is 28.8 Å². The number of rotatable bonds is 3. The van der Waals surface area contributed by atoms with Gasteiger partial charge in [-0.2, -0.15) is 0 Å². The summed E-state index contributed by atoms with van der Waals surface area (Å²) in [6, 6.07) is 6.23. The first-order valence-corrected chi connectivity index (χ1v) is 7.42. The minimum absolute atomic E-state index is 0.682. The quantitative estimate of drug-likeness (QED) is 0.906. The second-order valence-corrected chi connectivity index (χ2v) is 5.50. The highest BCUT2D eigenvalue weighted by Gasteiger charge is 2.12. The molecule has 1 heterocycles. The Bertz CT molecular complexity index is 371. The summed E-state index contributed by atoms with van der Waals surface area (Å²) >= 11 is 6.09. The first-order chi connectivity index (χ1) is 8.81. The predicted molar refractivity (Wildman–Crippen MR) is 79.5 cm³/mol. The van der Waals surface area contributed by atoms with Gasteiger partial charge in [0, 0.05) is 23.8 Å². The van der Waals surface area contributed by atoms with Crippen LogP contribution < -0.4 is 10.6 Å². The van der Waals surface area contributed by atoms with Crippen molar-refractivity contribution in [2.45, 2.75) is 38.5 Å². The Morgan fingerprint density at radius 3 is 2.39 bits per heavy atom. The zero-order valence-corrected chi connectivity index (χ0v) is 11.8. The minimum atomic E-state index is 0.682. The minimum Gasteiger partial charge on any atom is -0.371 e. The third-order valence-electron chi connectivity index (χ3n) is 3.65. The van der Waals surface area contributed by atoms with Crippen molar-refractivity contribution in [3.63, 3.8) is 0 Å². The molecule has 0 amide bonds. The lowest BCUT2D eigenvalue weighted by Gasteiger charge is -2.29. The number of anilines is 1. The summed E-state index contributed by atoms with van der Waals surface area (Å²) in [5.74, 6) is 0. The van der Waals surface area contributed by atoms with Gasteiger partial charge in [-0.05, 0) is 49.6 Å². The molecule has 1 aliphatic heterocycles. The maximum atomic E-state index is 6.09. The van der Waals surface area contributed by atoms with Crippen molar-refractivity contribution < 1.29 is 0 Å². The Labute approximate surface area is 115 Å². The van der Waals surface area contributed by atoms with Crippen LogP contribution >= 0.6 is 11.6 Å². The Kier molecular flexibility index (Phi) is 5.33. The second kappa shape index (κ2) is 7.01. The molecule has 0 radical (unpaired) electrons. The highest BCUT2D eigenvalue weighted by atomic mass is 35.5. The average Bonchev–Trinajstić information content (AvgIpc) is 2.30. The molecule has 3 heteroatoms. The molecule has 0 aliphatic carbocycles. The maximum Gasteiger partial charge on any atom is 0.0410 e. The summed E-state index contributed by atoms with van der Waals surface area (Å²) in [6.07, 6.45) is 7.61. The molecule has 0 spiro atoms. The van der Waals surface area contributed by atoms with Crippen LogP contribution in [-0.2, 0) is 6.42 Å². The van der Waals surface area contributed by atoms with Crippen LogP contribution in [-0.4, -0.2) is 19.6 Å². The fourth-order valence-electron chi connectivity index (χ4n) is 2.71. The van der Waals surface area contributed by atoms with Gasteiger partial charge >= 0.3 is 0 Å². The molecule has 0 aromatic heterocycles. The number of hydrogen-bond acceptors (Lipinski definition) is 2. The van der Waals surface area contributed by atoms with Crippen LogP contribution in [0.4, 0.5) is 5.69 Å². The molecule has 0 saturated carbocycles. The number of benzene rings is 1. The van der Waals surface area contributed by atoms with E-state index in [4.69, 9.17) is 17.3 Å². The Morgan fingerprint density at radius 2 is 1.72 bits per heavy atom. The summed E-state index contributed by atoms with van der Waals surface area (Å²) in [5, 5.41) is 0.814. The summed E-state index contributed by atoms with van der Waals surface area (Å²) in [5.41, 5.74) is 8.34. The summed E-state index contributed by atoms with van der Waals surface area (Å²) < 4.78 is 0. The van der Waals surface area contributed by atoms with Gasteiger partial charge in [-0.3, -0.25) is 0 Å². The molecule has 100 valence electrons. The van der Waals surface area contributed by atoms with Gasteiger partial charge in [0.2, 0.25) is 0 Å². The number of halogens is 1. The molecule has 1 aromatic carbocycles. The normalized spacial score (nSPS) is 17.3. The molecule has 0 bridgehead atoms. The van der Waals surface area contributed by atoms with E-state index in [9.17, 15) is 0 Å². The van der Waals surface area contributed by atoms with Gasteiger partial charge in [-0.15, -0.1) is 0 Å². The van der Waals surface area contributed by atoms with Crippen LogP contribution in [0.1, 0.15) is 37.7 Å². The third-order valence-corrected chi connectivity index (χ3v) is 3.89. The summed E-state index contributed by atoms with van der Waals surface area (Å²) in [7, 11) is 0. The van der Waals surface area contributed by atoms with Crippen molar-refractivity contribution in [2.24, 2.45) is 5.73 Å². The van der Waals surface area contributed by atoms with Crippen LogP contribution in [0.3, 0.4) is 0 Å². The molecule has 0 atom stereocenters. The van der Waals surface area contributed by atoms with Crippen LogP contribution in [0.15, 0.2) is 18.2 Å². The van der Waals surface area contributed by atoms with E-state index in [-0.39, 0.29) is 0 Å². The molecule has 2 N–H and O–H groups in total. The molecule has 1 aliphatic rings. The van der Waals surface area contributed by atoms with E-state index in [1.54, 1.807) is 0 Å². The first kappa shape index (κ1) is 13.7. The first-order valence-electron chi connectivity index (χ1n) is 7.04. The van der Waals surface area contributed by atoms with Gasteiger partial charge in [-0.1, -0.05) is 30.9 Å². The van der Waals surface area contributed by atoms with Crippen LogP contribution in [0.5, 0.6) is 0 Å². The fraction of sp³-hybridized carbons (Fsp3) is 0.600. The van der Waals surface area contributed by atoms with E-state index in [2.05, 4.69) is 17.0 Å². The van der Waals surface area contributed by atoms with E-state index in [0.29, 0.717) is 6.54 Å². The fourth-order valence-corrected chi connectivity index (χ4v) is 2.90. The Hall–Kier alpha value is -0.730. The lowest BCUT2D eigenvalue weighted by molar-refractivity contribution is 0.555. The SMILES string of the molecule is NCCc1cc(Cl)ccc1N1CCCCCCC1. The van der Waals surface area contributed by atoms with Gasteiger partial charge in [0.1, 0.15) is 0 Å². The predicted octanol–water partition coefficient (Wildman–Crippen LogP) is 3.61. The van der Waals surface area contributed by atoms with Crippen molar-refractivity contribution in [1.29, 1.82) is 0 Å². The largest absolute Gasteiger partial charge is 0.371 e. The van der Waals surface area contributed by atoms with E-state index in [0.717, 1.165) is 11.4 Å². The van der Waals surface area contributed by atoms with Crippen molar-refractivity contribution >= 4 is 17.3 Å². The van der Waals surface area contributed by atoms with Crippen LogP contribution in [0.25, 0.3) is 0 Å². The Morgan fingerprint density at radius 1 is 1.06 bits per heavy atom. The lowest BCUT2D eigenvalue weighted by Crippen LogP contribution is -2.28. The van der Waals surface area contributed by atoms with Crippen LogP contribution in [0.2, 0.25) is 5.02 Å². The zero-order valence-electron chi connectivity index (χ0n) is 11.0. The molecule has 2 nitrogen and oxygen atoms in total.